The molecule has 0 heterocycles. The lowest BCUT2D eigenvalue weighted by atomic mass is 10.1. The zero-order valence-corrected chi connectivity index (χ0v) is 12.6. The molecular formula is C17H22N2O3. The van der Waals surface area contributed by atoms with Gasteiger partial charge in [0.2, 0.25) is 0 Å². The Labute approximate surface area is 130 Å². The molecule has 0 spiro atoms. The van der Waals surface area contributed by atoms with Crippen LogP contribution < -0.4 is 5.73 Å². The summed E-state index contributed by atoms with van der Waals surface area (Å²) >= 11 is 0. The number of aliphatic hydroxyl groups is 1. The molecule has 118 valence electrons. The van der Waals surface area contributed by atoms with Gasteiger partial charge >= 0.3 is 0 Å². The number of likely N-dealkylation sites (N-methyl/N-ethyl adjacent to an activating group) is 1. The summed E-state index contributed by atoms with van der Waals surface area (Å²) in [7, 11) is 1.92. The molecule has 0 radical (unpaired) electrons. The van der Waals surface area contributed by atoms with Crippen LogP contribution in [-0.4, -0.2) is 40.4 Å². The van der Waals surface area contributed by atoms with Gasteiger partial charge in [0.15, 0.2) is 0 Å². The van der Waals surface area contributed by atoms with Crippen LogP contribution in [0.1, 0.15) is 17.2 Å². The number of anilines is 1. The van der Waals surface area contributed by atoms with Crippen LogP contribution in [0.4, 0.5) is 5.69 Å². The second-order valence-electron chi connectivity index (χ2n) is 5.55. The van der Waals surface area contributed by atoms with Crippen molar-refractivity contribution in [3.63, 3.8) is 0 Å². The Balaban J connectivity index is 1.88. The largest absolute Gasteiger partial charge is 0.508 e. The van der Waals surface area contributed by atoms with E-state index in [9.17, 15) is 15.3 Å². The molecule has 0 unspecified atom stereocenters. The average Bonchev–Trinajstić information content (AvgIpc) is 2.45. The third-order valence-electron chi connectivity index (χ3n) is 3.56. The molecule has 0 aliphatic heterocycles. The normalized spacial score (nSPS) is 12.5. The Morgan fingerprint density at radius 2 is 1.64 bits per heavy atom. The molecule has 0 saturated carbocycles. The number of aromatic hydroxyl groups is 2. The smallest absolute Gasteiger partial charge is 0.119 e. The predicted octanol–water partition coefficient (Wildman–Crippen LogP) is 1.89. The van der Waals surface area contributed by atoms with E-state index in [4.69, 9.17) is 5.73 Å². The zero-order valence-electron chi connectivity index (χ0n) is 12.6. The number of rotatable bonds is 6. The molecule has 0 amide bonds. The Morgan fingerprint density at radius 3 is 2.23 bits per heavy atom. The highest BCUT2D eigenvalue weighted by Gasteiger charge is 2.12. The van der Waals surface area contributed by atoms with E-state index in [1.165, 1.54) is 23.8 Å². The molecule has 5 heteroatoms. The van der Waals surface area contributed by atoms with Gasteiger partial charge in [-0.3, -0.25) is 0 Å². The second kappa shape index (κ2) is 7.15. The lowest BCUT2D eigenvalue weighted by Gasteiger charge is -2.21. The molecule has 22 heavy (non-hydrogen) atoms. The molecule has 0 saturated heterocycles. The van der Waals surface area contributed by atoms with Gasteiger partial charge in [-0.1, -0.05) is 12.1 Å². The first kappa shape index (κ1) is 16.1. The topological polar surface area (TPSA) is 90.0 Å². The van der Waals surface area contributed by atoms with E-state index in [2.05, 4.69) is 0 Å². The summed E-state index contributed by atoms with van der Waals surface area (Å²) in [6, 6.07) is 11.9. The molecule has 0 fully saturated rings. The van der Waals surface area contributed by atoms with Crippen LogP contribution in [0.5, 0.6) is 11.5 Å². The monoisotopic (exact) mass is 302 g/mol. The lowest BCUT2D eigenvalue weighted by molar-refractivity contribution is 0.127. The van der Waals surface area contributed by atoms with Gasteiger partial charge in [0.1, 0.15) is 11.5 Å². The first-order chi connectivity index (χ1) is 10.4. The highest BCUT2D eigenvalue weighted by Crippen LogP contribution is 2.25. The van der Waals surface area contributed by atoms with Crippen LogP contribution in [0, 0.1) is 0 Å². The summed E-state index contributed by atoms with van der Waals surface area (Å²) in [6.07, 6.45) is 0.0869. The molecule has 2 aromatic carbocycles. The van der Waals surface area contributed by atoms with Crippen molar-refractivity contribution in [2.24, 2.45) is 0 Å². The number of phenolic OH excluding ortho intramolecular Hbond substituents is 2. The van der Waals surface area contributed by atoms with Gasteiger partial charge in [-0.25, -0.2) is 0 Å². The lowest BCUT2D eigenvalue weighted by Crippen LogP contribution is -2.26. The summed E-state index contributed by atoms with van der Waals surface area (Å²) in [5.41, 5.74) is 8.08. The van der Waals surface area contributed by atoms with Gasteiger partial charge in [-0.05, 0) is 48.9 Å². The van der Waals surface area contributed by atoms with Gasteiger partial charge < -0.3 is 26.0 Å². The van der Waals surface area contributed by atoms with Gasteiger partial charge in [0.25, 0.3) is 0 Å². The number of aliphatic hydroxyl groups excluding tert-OH is 1. The van der Waals surface area contributed by atoms with Crippen molar-refractivity contribution >= 4 is 5.69 Å². The second-order valence-corrected chi connectivity index (χ2v) is 5.55. The Bertz CT molecular complexity index is 594. The minimum atomic E-state index is -0.769. The van der Waals surface area contributed by atoms with E-state index in [0.717, 1.165) is 18.7 Å². The molecule has 2 rings (SSSR count). The molecule has 0 aromatic heterocycles. The SMILES string of the molecule is CN(CCc1ccc(N)cc1)C[C@H](O)c1cc(O)cc(O)c1. The Kier molecular flexibility index (Phi) is 5.25. The summed E-state index contributed by atoms with van der Waals surface area (Å²) in [4.78, 5) is 2.00. The molecule has 2 aromatic rings. The van der Waals surface area contributed by atoms with Gasteiger partial charge in [0.05, 0.1) is 6.10 Å². The van der Waals surface area contributed by atoms with E-state index in [-0.39, 0.29) is 11.5 Å². The molecule has 5 N–H and O–H groups in total. The quantitative estimate of drug-likeness (QED) is 0.612. The van der Waals surface area contributed by atoms with E-state index < -0.39 is 6.10 Å². The molecule has 1 atom stereocenters. The Morgan fingerprint density at radius 1 is 1.05 bits per heavy atom. The number of nitrogens with zero attached hydrogens (tertiary/aromatic N) is 1. The van der Waals surface area contributed by atoms with Gasteiger partial charge in [-0.15, -0.1) is 0 Å². The number of nitrogen functional groups attached to an aromatic ring is 1. The molecule has 0 bridgehead atoms. The molecular weight excluding hydrogens is 280 g/mol. The van der Waals surface area contributed by atoms with Crippen molar-refractivity contribution in [1.82, 2.24) is 4.90 Å². The highest BCUT2D eigenvalue weighted by atomic mass is 16.3. The van der Waals surface area contributed by atoms with Gasteiger partial charge in [0, 0.05) is 24.8 Å². The fraction of sp³-hybridized carbons (Fsp3) is 0.294. The minimum Gasteiger partial charge on any atom is -0.508 e. The fourth-order valence-electron chi connectivity index (χ4n) is 2.31. The van der Waals surface area contributed by atoms with Crippen molar-refractivity contribution in [2.45, 2.75) is 12.5 Å². The first-order valence-corrected chi connectivity index (χ1v) is 7.18. The molecule has 5 nitrogen and oxygen atoms in total. The number of phenols is 2. The number of hydrogen-bond acceptors (Lipinski definition) is 5. The fourth-order valence-corrected chi connectivity index (χ4v) is 2.31. The number of benzene rings is 2. The van der Waals surface area contributed by atoms with Crippen molar-refractivity contribution < 1.29 is 15.3 Å². The van der Waals surface area contributed by atoms with E-state index >= 15 is 0 Å². The first-order valence-electron chi connectivity index (χ1n) is 7.18. The van der Waals surface area contributed by atoms with Crippen LogP contribution in [0.25, 0.3) is 0 Å². The third kappa shape index (κ3) is 4.65. The summed E-state index contributed by atoms with van der Waals surface area (Å²) in [6.45, 7) is 1.20. The summed E-state index contributed by atoms with van der Waals surface area (Å²) < 4.78 is 0. The van der Waals surface area contributed by atoms with Crippen LogP contribution >= 0.6 is 0 Å². The third-order valence-corrected chi connectivity index (χ3v) is 3.56. The number of hydrogen-bond donors (Lipinski definition) is 4. The maximum Gasteiger partial charge on any atom is 0.119 e. The van der Waals surface area contributed by atoms with E-state index in [1.54, 1.807) is 0 Å². The average molecular weight is 302 g/mol. The van der Waals surface area contributed by atoms with Crippen molar-refractivity contribution in [3.05, 3.63) is 53.6 Å². The van der Waals surface area contributed by atoms with Crippen molar-refractivity contribution in [1.29, 1.82) is 0 Å². The maximum atomic E-state index is 10.2. The van der Waals surface area contributed by atoms with Crippen molar-refractivity contribution in [2.75, 3.05) is 25.9 Å². The number of nitrogens with two attached hydrogens (primary N) is 1. The minimum absolute atomic E-state index is 0.0569. The maximum absolute atomic E-state index is 10.2. The van der Waals surface area contributed by atoms with E-state index in [0.29, 0.717) is 12.1 Å². The predicted molar refractivity (Wildman–Crippen MR) is 86.8 cm³/mol. The molecule has 0 aliphatic carbocycles. The van der Waals surface area contributed by atoms with Crippen molar-refractivity contribution in [3.8, 4) is 11.5 Å². The summed E-state index contributed by atoms with van der Waals surface area (Å²) in [5, 5.41) is 29.1. The van der Waals surface area contributed by atoms with Crippen LogP contribution in [0.2, 0.25) is 0 Å². The molecule has 0 aliphatic rings. The Hall–Kier alpha value is -2.24. The van der Waals surface area contributed by atoms with Gasteiger partial charge in [-0.2, -0.15) is 0 Å². The standard InChI is InChI=1S/C17H22N2O3/c1-19(7-6-12-2-4-14(18)5-3-12)11-17(22)13-8-15(20)10-16(21)9-13/h2-5,8-10,17,20-22H,6-7,11,18H2,1H3/t17-/m0/s1. The van der Waals surface area contributed by atoms with Crippen LogP contribution in [0.15, 0.2) is 42.5 Å². The van der Waals surface area contributed by atoms with Crippen LogP contribution in [-0.2, 0) is 6.42 Å². The van der Waals surface area contributed by atoms with E-state index in [1.807, 2.05) is 36.2 Å². The highest BCUT2D eigenvalue weighted by molar-refractivity contribution is 5.39. The van der Waals surface area contributed by atoms with Crippen LogP contribution in [0.3, 0.4) is 0 Å². The zero-order chi connectivity index (χ0) is 16.1. The summed E-state index contributed by atoms with van der Waals surface area (Å²) in [5.74, 6) is -0.114.